The van der Waals surface area contributed by atoms with Crippen LogP contribution in [0, 0.1) is 6.20 Å². The molecule has 0 aliphatic heterocycles. The second-order valence-corrected chi connectivity index (χ2v) is 2.78. The molecule has 0 atom stereocenters. The van der Waals surface area contributed by atoms with Crippen LogP contribution in [0.5, 0.6) is 5.75 Å². The smallest absolute Gasteiger partial charge is 0.437 e. The summed E-state index contributed by atoms with van der Waals surface area (Å²) in [6, 6.07) is 1.10. The number of hydrogen-bond acceptors (Lipinski definition) is 2. The van der Waals surface area contributed by atoms with Crippen LogP contribution in [0.3, 0.4) is 0 Å². The van der Waals surface area contributed by atoms with Crippen LogP contribution in [0.2, 0.25) is 0 Å². The Hall–Kier alpha value is -0.780. The lowest BCUT2D eigenvalue weighted by Gasteiger charge is -2.07. The van der Waals surface area contributed by atoms with Gasteiger partial charge in [0.2, 0.25) is 0 Å². The second-order valence-electron chi connectivity index (χ2n) is 1.93. The first-order chi connectivity index (χ1) is 5.43. The van der Waals surface area contributed by atoms with Crippen molar-refractivity contribution in [2.24, 2.45) is 0 Å². The Balaban J connectivity index is 3.26. The van der Waals surface area contributed by atoms with E-state index in [1.54, 1.807) is 0 Å². The SMILES string of the molecule is Oc1c(Br)c[c]nc1C(F)(F)F. The molecule has 1 aromatic heterocycles. The fraction of sp³-hybridized carbons (Fsp3) is 0.167. The number of alkyl halides is 3. The number of halogens is 4. The third-order valence-corrected chi connectivity index (χ3v) is 1.69. The van der Waals surface area contributed by atoms with E-state index in [1.807, 2.05) is 6.20 Å². The Labute approximate surface area is 74.2 Å². The molecule has 0 aromatic carbocycles. The van der Waals surface area contributed by atoms with Crippen molar-refractivity contribution in [3.8, 4) is 5.75 Å². The van der Waals surface area contributed by atoms with Gasteiger partial charge in [-0.3, -0.25) is 0 Å². The van der Waals surface area contributed by atoms with Crippen molar-refractivity contribution in [3.05, 3.63) is 22.4 Å². The molecule has 0 unspecified atom stereocenters. The molecule has 0 spiro atoms. The average molecular weight is 241 g/mol. The maximum Gasteiger partial charge on any atom is 0.437 e. The van der Waals surface area contributed by atoms with Crippen molar-refractivity contribution in [3.63, 3.8) is 0 Å². The van der Waals surface area contributed by atoms with Crippen LogP contribution in [-0.2, 0) is 6.18 Å². The van der Waals surface area contributed by atoms with Gasteiger partial charge in [-0.15, -0.1) is 0 Å². The molecule has 0 bridgehead atoms. The van der Waals surface area contributed by atoms with Gasteiger partial charge in [0.05, 0.1) is 10.7 Å². The van der Waals surface area contributed by atoms with E-state index in [0.29, 0.717) is 0 Å². The van der Waals surface area contributed by atoms with Crippen molar-refractivity contribution >= 4 is 15.9 Å². The summed E-state index contributed by atoms with van der Waals surface area (Å²) in [7, 11) is 0. The van der Waals surface area contributed by atoms with Crippen LogP contribution in [0.25, 0.3) is 0 Å². The summed E-state index contributed by atoms with van der Waals surface area (Å²) in [5.74, 6) is -0.916. The zero-order chi connectivity index (χ0) is 9.35. The summed E-state index contributed by atoms with van der Waals surface area (Å²) in [6.07, 6.45) is -2.65. The van der Waals surface area contributed by atoms with E-state index in [4.69, 9.17) is 5.11 Å². The summed E-state index contributed by atoms with van der Waals surface area (Å²) in [6.45, 7) is 0. The molecule has 0 saturated heterocycles. The quantitative estimate of drug-likeness (QED) is 0.756. The van der Waals surface area contributed by atoms with E-state index in [0.717, 1.165) is 6.07 Å². The fourth-order valence-electron chi connectivity index (χ4n) is 0.586. The van der Waals surface area contributed by atoms with Gasteiger partial charge in [-0.1, -0.05) is 0 Å². The van der Waals surface area contributed by atoms with Gasteiger partial charge in [0, 0.05) is 0 Å². The molecule has 1 heterocycles. The molecular weight excluding hydrogens is 239 g/mol. The number of pyridine rings is 1. The summed E-state index contributed by atoms with van der Waals surface area (Å²) >= 11 is 2.72. The molecule has 12 heavy (non-hydrogen) atoms. The van der Waals surface area contributed by atoms with Gasteiger partial charge in [0.15, 0.2) is 11.4 Å². The summed E-state index contributed by atoms with van der Waals surface area (Å²) in [5, 5.41) is 8.88. The zero-order valence-electron chi connectivity index (χ0n) is 5.48. The Bertz CT molecular complexity index is 299. The van der Waals surface area contributed by atoms with Crippen LogP contribution < -0.4 is 0 Å². The number of aromatic nitrogens is 1. The molecule has 1 rings (SSSR count). The highest BCUT2D eigenvalue weighted by molar-refractivity contribution is 9.10. The highest BCUT2D eigenvalue weighted by Crippen LogP contribution is 2.37. The summed E-state index contributed by atoms with van der Waals surface area (Å²) in [4.78, 5) is 2.88. The van der Waals surface area contributed by atoms with Crippen molar-refractivity contribution in [1.29, 1.82) is 0 Å². The maximum absolute atomic E-state index is 12.0. The maximum atomic E-state index is 12.0. The monoisotopic (exact) mass is 240 g/mol. The highest BCUT2D eigenvalue weighted by Gasteiger charge is 2.36. The molecule has 2 nitrogen and oxygen atoms in total. The summed E-state index contributed by atoms with van der Waals surface area (Å²) < 4.78 is 35.8. The zero-order valence-corrected chi connectivity index (χ0v) is 7.07. The van der Waals surface area contributed by atoms with Crippen molar-refractivity contribution in [1.82, 2.24) is 4.98 Å². The number of nitrogens with zero attached hydrogens (tertiary/aromatic N) is 1. The molecular formula is C6H2BrF3NO. The first-order valence-corrected chi connectivity index (χ1v) is 3.55. The van der Waals surface area contributed by atoms with Gasteiger partial charge in [-0.05, 0) is 22.0 Å². The average Bonchev–Trinajstić information content (AvgIpc) is 1.92. The van der Waals surface area contributed by atoms with Gasteiger partial charge in [-0.25, -0.2) is 4.98 Å². The lowest BCUT2D eigenvalue weighted by molar-refractivity contribution is -0.142. The normalized spacial score (nSPS) is 11.7. The predicted molar refractivity (Wildman–Crippen MR) is 37.4 cm³/mol. The minimum atomic E-state index is -4.65. The van der Waals surface area contributed by atoms with Gasteiger partial charge < -0.3 is 5.11 Å². The molecule has 65 valence electrons. The lowest BCUT2D eigenvalue weighted by Crippen LogP contribution is -2.08. The molecule has 0 amide bonds. The Morgan fingerprint density at radius 3 is 2.50 bits per heavy atom. The van der Waals surface area contributed by atoms with Crippen LogP contribution in [0.1, 0.15) is 5.69 Å². The number of aromatic hydroxyl groups is 1. The topological polar surface area (TPSA) is 33.1 Å². The molecule has 1 N–H and O–H groups in total. The van der Waals surface area contributed by atoms with Crippen molar-refractivity contribution < 1.29 is 18.3 Å². The van der Waals surface area contributed by atoms with Gasteiger partial charge >= 0.3 is 6.18 Å². The third-order valence-electron chi connectivity index (χ3n) is 1.09. The lowest BCUT2D eigenvalue weighted by atomic mass is 10.3. The molecule has 0 aliphatic rings. The third kappa shape index (κ3) is 1.69. The first kappa shape index (κ1) is 9.31. The van der Waals surface area contributed by atoms with E-state index in [1.165, 1.54) is 0 Å². The van der Waals surface area contributed by atoms with E-state index < -0.39 is 17.6 Å². The largest absolute Gasteiger partial charge is 0.505 e. The Morgan fingerprint density at radius 2 is 2.08 bits per heavy atom. The van der Waals surface area contributed by atoms with E-state index in [9.17, 15) is 13.2 Å². The standard InChI is InChI=1S/C6H2BrF3NO/c7-3-1-2-11-5(4(3)12)6(8,9)10/h1,12H. The number of rotatable bonds is 0. The molecule has 1 radical (unpaired) electrons. The molecule has 1 aromatic rings. The van der Waals surface area contributed by atoms with E-state index in [-0.39, 0.29) is 4.47 Å². The molecule has 6 heteroatoms. The van der Waals surface area contributed by atoms with Crippen LogP contribution in [-0.4, -0.2) is 10.1 Å². The van der Waals surface area contributed by atoms with Crippen molar-refractivity contribution in [2.45, 2.75) is 6.18 Å². The minimum Gasteiger partial charge on any atom is -0.505 e. The van der Waals surface area contributed by atoms with Gasteiger partial charge in [0.1, 0.15) is 0 Å². The van der Waals surface area contributed by atoms with Crippen molar-refractivity contribution in [2.75, 3.05) is 0 Å². The summed E-state index contributed by atoms with van der Waals surface area (Å²) in [5.41, 5.74) is -1.34. The molecule has 0 aliphatic carbocycles. The van der Waals surface area contributed by atoms with E-state index >= 15 is 0 Å². The predicted octanol–water partition coefficient (Wildman–Crippen LogP) is 2.37. The van der Waals surface area contributed by atoms with Crippen LogP contribution >= 0.6 is 15.9 Å². The van der Waals surface area contributed by atoms with Gasteiger partial charge in [0.25, 0.3) is 0 Å². The van der Waals surface area contributed by atoms with Gasteiger partial charge in [-0.2, -0.15) is 13.2 Å². The minimum absolute atomic E-state index is 0.0789. The number of hydrogen-bond donors (Lipinski definition) is 1. The fourth-order valence-corrected chi connectivity index (χ4v) is 0.876. The Morgan fingerprint density at radius 1 is 1.50 bits per heavy atom. The highest BCUT2D eigenvalue weighted by atomic mass is 79.9. The van der Waals surface area contributed by atoms with E-state index in [2.05, 4.69) is 20.9 Å². The first-order valence-electron chi connectivity index (χ1n) is 2.75. The van der Waals surface area contributed by atoms with Crippen LogP contribution in [0.4, 0.5) is 13.2 Å². The molecule has 0 saturated carbocycles. The van der Waals surface area contributed by atoms with Crippen LogP contribution in [0.15, 0.2) is 10.5 Å². The Kier molecular flexibility index (Phi) is 2.27. The second kappa shape index (κ2) is 2.93. The molecule has 0 fully saturated rings.